The van der Waals surface area contributed by atoms with E-state index in [9.17, 15) is 4.79 Å². The topological polar surface area (TPSA) is 53.4 Å². The van der Waals surface area contributed by atoms with Crippen molar-refractivity contribution in [2.75, 3.05) is 13.1 Å². The van der Waals surface area contributed by atoms with Crippen LogP contribution >= 0.6 is 11.3 Å². The van der Waals surface area contributed by atoms with Crippen LogP contribution in [-0.4, -0.2) is 34.0 Å². The summed E-state index contributed by atoms with van der Waals surface area (Å²) in [5, 5.41) is 10.9. The van der Waals surface area contributed by atoms with Gasteiger partial charge >= 0.3 is 5.97 Å². The summed E-state index contributed by atoms with van der Waals surface area (Å²) in [4.78, 5) is 17.3. The SMILES string of the molecule is CC(C)CN(Cc1csc(C(=O)O)n1)CC(C)C. The number of hydrogen-bond donors (Lipinski definition) is 1. The Hall–Kier alpha value is -0.940. The fraction of sp³-hybridized carbons (Fsp3) is 0.692. The first-order valence-electron chi connectivity index (χ1n) is 6.28. The van der Waals surface area contributed by atoms with Gasteiger partial charge in [-0.25, -0.2) is 9.78 Å². The Morgan fingerprint density at radius 3 is 2.28 bits per heavy atom. The molecule has 0 bridgehead atoms. The van der Waals surface area contributed by atoms with E-state index in [2.05, 4.69) is 37.6 Å². The Morgan fingerprint density at radius 1 is 1.33 bits per heavy atom. The normalized spacial score (nSPS) is 11.7. The number of carbonyl (C=O) groups is 1. The van der Waals surface area contributed by atoms with Crippen LogP contribution in [-0.2, 0) is 6.54 Å². The van der Waals surface area contributed by atoms with Crippen LogP contribution in [0.3, 0.4) is 0 Å². The molecule has 0 aliphatic heterocycles. The molecule has 1 aromatic heterocycles. The summed E-state index contributed by atoms with van der Waals surface area (Å²) < 4.78 is 0. The molecule has 0 unspecified atom stereocenters. The van der Waals surface area contributed by atoms with Crippen LogP contribution in [0.2, 0.25) is 0 Å². The number of hydrogen-bond acceptors (Lipinski definition) is 4. The summed E-state index contributed by atoms with van der Waals surface area (Å²) in [6.07, 6.45) is 0. The summed E-state index contributed by atoms with van der Waals surface area (Å²) in [6.45, 7) is 11.5. The monoisotopic (exact) mass is 270 g/mol. The van der Waals surface area contributed by atoms with Crippen LogP contribution in [0.25, 0.3) is 0 Å². The first-order chi connectivity index (χ1) is 8.38. The first kappa shape index (κ1) is 15.1. The fourth-order valence-electron chi connectivity index (χ4n) is 1.94. The highest BCUT2D eigenvalue weighted by atomic mass is 32.1. The minimum absolute atomic E-state index is 0.180. The summed E-state index contributed by atoms with van der Waals surface area (Å²) in [7, 11) is 0. The van der Waals surface area contributed by atoms with Crippen LogP contribution in [0.4, 0.5) is 0 Å². The zero-order valence-corrected chi connectivity index (χ0v) is 12.3. The van der Waals surface area contributed by atoms with Crippen molar-refractivity contribution in [3.63, 3.8) is 0 Å². The largest absolute Gasteiger partial charge is 0.476 e. The molecular weight excluding hydrogens is 248 g/mol. The first-order valence-corrected chi connectivity index (χ1v) is 7.16. The molecular formula is C13H22N2O2S. The van der Waals surface area contributed by atoms with Crippen molar-refractivity contribution in [3.05, 3.63) is 16.1 Å². The highest BCUT2D eigenvalue weighted by Crippen LogP contribution is 2.14. The molecule has 102 valence electrons. The third-order valence-corrected chi connectivity index (χ3v) is 3.25. The molecule has 1 rings (SSSR count). The van der Waals surface area contributed by atoms with Gasteiger partial charge in [0.05, 0.1) is 5.69 Å². The number of aromatic carboxylic acids is 1. The van der Waals surface area contributed by atoms with Gasteiger partial charge in [-0.3, -0.25) is 4.90 Å². The molecule has 0 aliphatic rings. The van der Waals surface area contributed by atoms with E-state index in [1.807, 2.05) is 5.38 Å². The minimum Gasteiger partial charge on any atom is -0.476 e. The average Bonchev–Trinajstić information content (AvgIpc) is 2.63. The molecule has 0 spiro atoms. The molecule has 4 nitrogen and oxygen atoms in total. The van der Waals surface area contributed by atoms with Gasteiger partial charge in [-0.05, 0) is 11.8 Å². The maximum atomic E-state index is 10.8. The molecule has 0 radical (unpaired) electrons. The standard InChI is InChI=1S/C13H22N2O2S/c1-9(2)5-15(6-10(3)4)7-11-8-18-12(14-11)13(16)17/h8-10H,5-7H2,1-4H3,(H,16,17). The summed E-state index contributed by atoms with van der Waals surface area (Å²) in [6, 6.07) is 0. The molecule has 18 heavy (non-hydrogen) atoms. The lowest BCUT2D eigenvalue weighted by atomic mass is 10.1. The van der Waals surface area contributed by atoms with Gasteiger partial charge in [0.2, 0.25) is 5.01 Å². The van der Waals surface area contributed by atoms with Gasteiger partial charge in [-0.2, -0.15) is 0 Å². The maximum Gasteiger partial charge on any atom is 0.365 e. The average molecular weight is 270 g/mol. The summed E-state index contributed by atoms with van der Waals surface area (Å²) in [5.41, 5.74) is 0.860. The second-order valence-electron chi connectivity index (χ2n) is 5.43. The zero-order valence-electron chi connectivity index (χ0n) is 11.5. The Bertz CT molecular complexity index is 378. The molecule has 1 heterocycles. The van der Waals surface area contributed by atoms with Crippen molar-refractivity contribution in [1.82, 2.24) is 9.88 Å². The van der Waals surface area contributed by atoms with Crippen LogP contribution in [0.15, 0.2) is 5.38 Å². The predicted molar refractivity (Wildman–Crippen MR) is 74.0 cm³/mol. The molecule has 0 saturated carbocycles. The third kappa shape index (κ3) is 5.14. The fourth-order valence-corrected chi connectivity index (χ4v) is 2.59. The van der Waals surface area contributed by atoms with Crippen molar-refractivity contribution in [3.8, 4) is 0 Å². The van der Waals surface area contributed by atoms with Gasteiger partial charge < -0.3 is 5.11 Å². The number of thiazole rings is 1. The number of nitrogens with zero attached hydrogens (tertiary/aromatic N) is 2. The van der Waals surface area contributed by atoms with E-state index in [0.29, 0.717) is 11.8 Å². The Kier molecular flexibility index (Phi) is 5.75. The predicted octanol–water partition coefficient (Wildman–Crippen LogP) is 2.96. The van der Waals surface area contributed by atoms with Crippen molar-refractivity contribution in [2.45, 2.75) is 34.2 Å². The second-order valence-corrected chi connectivity index (χ2v) is 6.29. The van der Waals surface area contributed by atoms with Crippen LogP contribution < -0.4 is 0 Å². The highest BCUT2D eigenvalue weighted by Gasteiger charge is 2.14. The molecule has 0 aliphatic carbocycles. The lowest BCUT2D eigenvalue weighted by Gasteiger charge is -2.25. The van der Waals surface area contributed by atoms with E-state index in [1.54, 1.807) is 0 Å². The molecule has 5 heteroatoms. The van der Waals surface area contributed by atoms with Crippen molar-refractivity contribution >= 4 is 17.3 Å². The van der Waals surface area contributed by atoms with Crippen LogP contribution in [0.1, 0.15) is 43.2 Å². The quantitative estimate of drug-likeness (QED) is 0.827. The molecule has 1 aromatic rings. The Balaban J connectivity index is 2.65. The van der Waals surface area contributed by atoms with Gasteiger partial charge in [-0.15, -0.1) is 11.3 Å². The van der Waals surface area contributed by atoms with E-state index in [1.165, 1.54) is 11.3 Å². The van der Waals surface area contributed by atoms with E-state index in [4.69, 9.17) is 5.11 Å². The van der Waals surface area contributed by atoms with E-state index >= 15 is 0 Å². The maximum absolute atomic E-state index is 10.8. The number of aromatic nitrogens is 1. The van der Waals surface area contributed by atoms with Gasteiger partial charge in [0.1, 0.15) is 0 Å². The van der Waals surface area contributed by atoms with Gasteiger partial charge in [0.25, 0.3) is 0 Å². The van der Waals surface area contributed by atoms with Crippen LogP contribution in [0.5, 0.6) is 0 Å². The van der Waals surface area contributed by atoms with Crippen molar-refractivity contribution in [1.29, 1.82) is 0 Å². The smallest absolute Gasteiger partial charge is 0.365 e. The zero-order chi connectivity index (χ0) is 13.7. The Morgan fingerprint density at radius 2 is 1.89 bits per heavy atom. The third-order valence-electron chi connectivity index (χ3n) is 2.37. The van der Waals surface area contributed by atoms with E-state index in [0.717, 1.165) is 25.3 Å². The van der Waals surface area contributed by atoms with Crippen molar-refractivity contribution < 1.29 is 9.90 Å². The van der Waals surface area contributed by atoms with Crippen molar-refractivity contribution in [2.24, 2.45) is 11.8 Å². The molecule has 0 atom stereocenters. The molecule has 0 fully saturated rings. The second kappa shape index (κ2) is 6.85. The lowest BCUT2D eigenvalue weighted by Crippen LogP contribution is -2.31. The molecule has 0 saturated heterocycles. The van der Waals surface area contributed by atoms with Gasteiger partial charge in [0.15, 0.2) is 0 Å². The minimum atomic E-state index is -0.939. The lowest BCUT2D eigenvalue weighted by molar-refractivity contribution is 0.0696. The number of carboxylic acids is 1. The van der Waals surface area contributed by atoms with E-state index in [-0.39, 0.29) is 5.01 Å². The molecule has 1 N–H and O–H groups in total. The summed E-state index contributed by atoms with van der Waals surface area (Å²) in [5.74, 6) is 0.258. The van der Waals surface area contributed by atoms with Gasteiger partial charge in [0, 0.05) is 25.0 Å². The Labute approximate surface area is 113 Å². The van der Waals surface area contributed by atoms with E-state index < -0.39 is 5.97 Å². The number of rotatable bonds is 7. The highest BCUT2D eigenvalue weighted by molar-refractivity contribution is 7.11. The molecule has 0 amide bonds. The number of carboxylic acid groups (broad SMARTS) is 1. The van der Waals surface area contributed by atoms with Gasteiger partial charge in [-0.1, -0.05) is 27.7 Å². The molecule has 0 aromatic carbocycles. The summed E-state index contributed by atoms with van der Waals surface area (Å²) >= 11 is 1.20. The van der Waals surface area contributed by atoms with Crippen LogP contribution in [0, 0.1) is 11.8 Å².